The van der Waals surface area contributed by atoms with Gasteiger partial charge in [-0.15, -0.1) is 11.3 Å². The van der Waals surface area contributed by atoms with E-state index >= 15 is 0 Å². The highest BCUT2D eigenvalue weighted by Gasteiger charge is 2.19. The van der Waals surface area contributed by atoms with Crippen molar-refractivity contribution in [1.29, 1.82) is 0 Å². The summed E-state index contributed by atoms with van der Waals surface area (Å²) in [6.07, 6.45) is 0.934. The molecule has 2 aromatic rings. The minimum Gasteiger partial charge on any atom is -0.347 e. The summed E-state index contributed by atoms with van der Waals surface area (Å²) in [5, 5.41) is 5.68. The molecule has 7 heteroatoms. The van der Waals surface area contributed by atoms with Crippen molar-refractivity contribution >= 4 is 23.2 Å². The summed E-state index contributed by atoms with van der Waals surface area (Å²) in [6, 6.07) is 9.99. The van der Waals surface area contributed by atoms with E-state index in [1.165, 1.54) is 0 Å². The van der Waals surface area contributed by atoms with Crippen molar-refractivity contribution in [3.63, 3.8) is 0 Å². The van der Waals surface area contributed by atoms with Crippen LogP contribution in [-0.2, 0) is 16.0 Å². The van der Waals surface area contributed by atoms with Crippen molar-refractivity contribution in [2.75, 3.05) is 39.8 Å². The van der Waals surface area contributed by atoms with Gasteiger partial charge >= 0.3 is 0 Å². The maximum Gasteiger partial charge on any atom is 0.242 e. The number of amides is 2. The Labute approximate surface area is 157 Å². The van der Waals surface area contributed by atoms with Crippen LogP contribution < -0.4 is 5.32 Å². The molecule has 1 aromatic heterocycles. The summed E-state index contributed by atoms with van der Waals surface area (Å²) in [7, 11) is 2.05. The maximum atomic E-state index is 12.1. The molecule has 0 saturated carbocycles. The molecule has 1 aromatic carbocycles. The lowest BCUT2D eigenvalue weighted by Gasteiger charge is -2.32. The normalized spacial score (nSPS) is 15.0. The summed E-state index contributed by atoms with van der Waals surface area (Å²) in [5.41, 5.74) is 2.02. The summed E-state index contributed by atoms with van der Waals surface area (Å²) >= 11 is 1.56. The van der Waals surface area contributed by atoms with Gasteiger partial charge in [0.1, 0.15) is 0 Å². The zero-order valence-electron chi connectivity index (χ0n) is 15.0. The van der Waals surface area contributed by atoms with E-state index < -0.39 is 0 Å². The Bertz CT molecular complexity index is 739. The molecule has 26 heavy (non-hydrogen) atoms. The van der Waals surface area contributed by atoms with Crippen molar-refractivity contribution in [2.24, 2.45) is 0 Å². The van der Waals surface area contributed by atoms with Gasteiger partial charge in [-0.25, -0.2) is 4.98 Å². The number of hydrogen-bond acceptors (Lipinski definition) is 5. The van der Waals surface area contributed by atoms with Crippen LogP contribution in [0, 0.1) is 0 Å². The number of rotatable bonds is 6. The molecule has 0 radical (unpaired) electrons. The lowest BCUT2D eigenvalue weighted by atomic mass is 10.2. The van der Waals surface area contributed by atoms with E-state index in [4.69, 9.17) is 0 Å². The lowest BCUT2D eigenvalue weighted by Crippen LogP contribution is -2.50. The predicted octanol–water partition coefficient (Wildman–Crippen LogP) is 1.63. The van der Waals surface area contributed by atoms with Crippen LogP contribution in [0.3, 0.4) is 0 Å². The molecule has 6 nitrogen and oxygen atoms in total. The Morgan fingerprint density at radius 1 is 1.15 bits per heavy atom. The van der Waals surface area contributed by atoms with Gasteiger partial charge in [0.25, 0.3) is 0 Å². The van der Waals surface area contributed by atoms with Gasteiger partial charge in [-0.3, -0.25) is 9.59 Å². The number of aryl methyl sites for hydroxylation is 1. The molecule has 138 valence electrons. The standard InChI is InChI=1S/C19H24N4O2S/c1-22-9-11-23(12-10-22)19(25)13-20-17(24)7-8-18-21-16(14-26-18)15-5-3-2-4-6-15/h2-6,14H,7-13H2,1H3,(H,20,24). The molecule has 1 aliphatic rings. The van der Waals surface area contributed by atoms with Crippen molar-refractivity contribution < 1.29 is 9.59 Å². The van der Waals surface area contributed by atoms with E-state index in [2.05, 4.69) is 15.2 Å². The van der Waals surface area contributed by atoms with E-state index in [0.29, 0.717) is 12.8 Å². The third-order valence-corrected chi connectivity index (χ3v) is 5.39. The number of thiazole rings is 1. The van der Waals surface area contributed by atoms with Gasteiger partial charge in [-0.1, -0.05) is 30.3 Å². The topological polar surface area (TPSA) is 65.5 Å². The molecule has 1 fully saturated rings. The van der Waals surface area contributed by atoms with Crippen molar-refractivity contribution in [2.45, 2.75) is 12.8 Å². The highest BCUT2D eigenvalue weighted by Crippen LogP contribution is 2.22. The molecular formula is C19H24N4O2S. The van der Waals surface area contributed by atoms with Crippen LogP contribution in [0.5, 0.6) is 0 Å². The Balaban J connectivity index is 1.40. The third-order valence-electron chi connectivity index (χ3n) is 4.48. The Hall–Kier alpha value is -2.25. The van der Waals surface area contributed by atoms with Crippen LogP contribution in [-0.4, -0.2) is 66.4 Å². The second-order valence-electron chi connectivity index (χ2n) is 6.45. The fourth-order valence-electron chi connectivity index (χ4n) is 2.82. The fourth-order valence-corrected chi connectivity index (χ4v) is 3.63. The number of aromatic nitrogens is 1. The Morgan fingerprint density at radius 3 is 2.62 bits per heavy atom. The van der Waals surface area contributed by atoms with Crippen molar-refractivity contribution in [3.8, 4) is 11.3 Å². The summed E-state index contributed by atoms with van der Waals surface area (Å²) in [6.45, 7) is 3.30. The molecule has 2 heterocycles. The quantitative estimate of drug-likeness (QED) is 0.837. The number of benzene rings is 1. The van der Waals surface area contributed by atoms with Gasteiger partial charge < -0.3 is 15.1 Å². The van der Waals surface area contributed by atoms with E-state index in [1.807, 2.05) is 47.7 Å². The molecule has 0 unspecified atom stereocenters. The molecule has 2 amide bonds. The average molecular weight is 372 g/mol. The van der Waals surface area contributed by atoms with Crippen LogP contribution in [0.15, 0.2) is 35.7 Å². The van der Waals surface area contributed by atoms with E-state index in [9.17, 15) is 9.59 Å². The van der Waals surface area contributed by atoms with E-state index in [1.54, 1.807) is 11.3 Å². The van der Waals surface area contributed by atoms with E-state index in [0.717, 1.165) is 42.4 Å². The molecule has 1 saturated heterocycles. The van der Waals surface area contributed by atoms with Gasteiger partial charge in [-0.05, 0) is 7.05 Å². The Kier molecular flexibility index (Phi) is 6.35. The van der Waals surface area contributed by atoms with Gasteiger partial charge in [0, 0.05) is 50.0 Å². The first-order valence-electron chi connectivity index (χ1n) is 8.84. The van der Waals surface area contributed by atoms with Crippen LogP contribution in [0.25, 0.3) is 11.3 Å². The molecule has 0 aliphatic carbocycles. The fraction of sp³-hybridized carbons (Fsp3) is 0.421. The smallest absolute Gasteiger partial charge is 0.242 e. The molecule has 3 rings (SSSR count). The number of hydrogen-bond donors (Lipinski definition) is 1. The highest BCUT2D eigenvalue weighted by molar-refractivity contribution is 7.09. The minimum atomic E-state index is -0.107. The Morgan fingerprint density at radius 2 is 1.88 bits per heavy atom. The highest BCUT2D eigenvalue weighted by atomic mass is 32.1. The molecule has 1 N–H and O–H groups in total. The van der Waals surface area contributed by atoms with Gasteiger partial charge in [0.2, 0.25) is 11.8 Å². The number of nitrogens with one attached hydrogen (secondary N) is 1. The molecular weight excluding hydrogens is 348 g/mol. The number of carbonyl (C=O) groups excluding carboxylic acids is 2. The number of likely N-dealkylation sites (N-methyl/N-ethyl adjacent to an activating group) is 1. The van der Waals surface area contributed by atoms with Gasteiger partial charge in [0.05, 0.1) is 17.2 Å². The minimum absolute atomic E-state index is 0.00735. The average Bonchev–Trinajstić information content (AvgIpc) is 3.15. The summed E-state index contributed by atoms with van der Waals surface area (Å²) < 4.78 is 0. The zero-order valence-corrected chi connectivity index (χ0v) is 15.8. The largest absolute Gasteiger partial charge is 0.347 e. The summed E-state index contributed by atoms with van der Waals surface area (Å²) in [4.78, 5) is 32.7. The molecule has 0 spiro atoms. The van der Waals surface area contributed by atoms with E-state index in [-0.39, 0.29) is 18.4 Å². The van der Waals surface area contributed by atoms with Crippen LogP contribution in [0.2, 0.25) is 0 Å². The van der Waals surface area contributed by atoms with Crippen LogP contribution in [0.1, 0.15) is 11.4 Å². The monoisotopic (exact) mass is 372 g/mol. The first-order valence-corrected chi connectivity index (χ1v) is 9.72. The second kappa shape index (κ2) is 8.91. The van der Waals surface area contributed by atoms with Crippen LogP contribution >= 0.6 is 11.3 Å². The summed E-state index contributed by atoms with van der Waals surface area (Å²) in [5.74, 6) is -0.115. The van der Waals surface area contributed by atoms with Crippen LogP contribution in [0.4, 0.5) is 0 Å². The molecule has 0 atom stereocenters. The van der Waals surface area contributed by atoms with Gasteiger partial charge in [0.15, 0.2) is 0 Å². The zero-order chi connectivity index (χ0) is 18.4. The first kappa shape index (κ1) is 18.5. The second-order valence-corrected chi connectivity index (χ2v) is 7.40. The SMILES string of the molecule is CN1CCN(C(=O)CNC(=O)CCc2nc(-c3ccccc3)cs2)CC1. The number of carbonyl (C=O) groups is 2. The van der Waals surface area contributed by atoms with Gasteiger partial charge in [-0.2, -0.15) is 0 Å². The predicted molar refractivity (Wildman–Crippen MR) is 103 cm³/mol. The lowest BCUT2D eigenvalue weighted by molar-refractivity contribution is -0.134. The first-order chi connectivity index (χ1) is 12.6. The molecule has 0 bridgehead atoms. The maximum absolute atomic E-state index is 12.1. The van der Waals surface area contributed by atoms with Crippen molar-refractivity contribution in [3.05, 3.63) is 40.7 Å². The van der Waals surface area contributed by atoms with Crippen molar-refractivity contribution in [1.82, 2.24) is 20.1 Å². The third kappa shape index (κ3) is 5.12. The number of piperazine rings is 1. The molecule has 1 aliphatic heterocycles. The number of nitrogens with zero attached hydrogens (tertiary/aromatic N) is 3.